The topological polar surface area (TPSA) is 129 Å². The average Bonchev–Trinajstić information content (AvgIpc) is 2.29. The van der Waals surface area contributed by atoms with Crippen LogP contribution in [-0.2, 0) is 0 Å². The lowest BCUT2D eigenvalue weighted by molar-refractivity contribution is 1.39. The SMILES string of the molecule is Cl.NC(N)=NC(N)=Nc1cccc2c(N)cccc12. The molecule has 0 aromatic heterocycles. The van der Waals surface area contributed by atoms with E-state index in [0.717, 1.165) is 10.8 Å². The van der Waals surface area contributed by atoms with Crippen molar-refractivity contribution in [1.82, 2.24) is 0 Å². The molecular weight excluding hydrogens is 264 g/mol. The molecular formula is C12H15ClN6. The van der Waals surface area contributed by atoms with Gasteiger partial charge in [-0.25, -0.2) is 4.99 Å². The number of anilines is 1. The lowest BCUT2D eigenvalue weighted by atomic mass is 10.1. The molecule has 0 aliphatic carbocycles. The van der Waals surface area contributed by atoms with Gasteiger partial charge in [-0.2, -0.15) is 4.99 Å². The van der Waals surface area contributed by atoms with Gasteiger partial charge in [0.1, 0.15) is 0 Å². The van der Waals surface area contributed by atoms with Gasteiger partial charge in [0.05, 0.1) is 5.69 Å². The van der Waals surface area contributed by atoms with Crippen molar-refractivity contribution in [2.24, 2.45) is 27.2 Å². The van der Waals surface area contributed by atoms with Crippen molar-refractivity contribution in [1.29, 1.82) is 0 Å². The minimum atomic E-state index is -0.129. The molecule has 100 valence electrons. The Kier molecular flexibility index (Phi) is 4.55. The van der Waals surface area contributed by atoms with Gasteiger partial charge in [-0.05, 0) is 12.1 Å². The zero-order valence-corrected chi connectivity index (χ0v) is 10.9. The summed E-state index contributed by atoms with van der Waals surface area (Å²) in [5, 5.41) is 1.81. The maximum Gasteiger partial charge on any atom is 0.223 e. The van der Waals surface area contributed by atoms with Crippen LogP contribution in [0.25, 0.3) is 10.8 Å². The summed E-state index contributed by atoms with van der Waals surface area (Å²) >= 11 is 0. The zero-order chi connectivity index (χ0) is 13.1. The van der Waals surface area contributed by atoms with E-state index in [4.69, 9.17) is 22.9 Å². The van der Waals surface area contributed by atoms with Crippen molar-refractivity contribution in [3.05, 3.63) is 36.4 Å². The summed E-state index contributed by atoms with van der Waals surface area (Å²) < 4.78 is 0. The fraction of sp³-hybridized carbons (Fsp3) is 0. The van der Waals surface area contributed by atoms with E-state index in [-0.39, 0.29) is 24.3 Å². The van der Waals surface area contributed by atoms with Gasteiger partial charge >= 0.3 is 0 Å². The Balaban J connectivity index is 0.00000180. The highest BCUT2D eigenvalue weighted by atomic mass is 35.5. The molecule has 0 aliphatic rings. The molecule has 6 nitrogen and oxygen atoms in total. The normalized spacial score (nSPS) is 10.8. The second kappa shape index (κ2) is 5.92. The molecule has 2 rings (SSSR count). The van der Waals surface area contributed by atoms with Crippen LogP contribution in [0.1, 0.15) is 0 Å². The summed E-state index contributed by atoms with van der Waals surface area (Å²) in [6.07, 6.45) is 0. The molecule has 0 radical (unpaired) electrons. The summed E-state index contributed by atoms with van der Waals surface area (Å²) in [6, 6.07) is 11.2. The molecule has 0 atom stereocenters. The van der Waals surface area contributed by atoms with E-state index < -0.39 is 0 Å². The summed E-state index contributed by atoms with van der Waals surface area (Å²) in [5.41, 5.74) is 23.3. The number of aliphatic imine (C=N–C) groups is 2. The number of guanidine groups is 2. The number of halogens is 1. The molecule has 0 saturated heterocycles. The monoisotopic (exact) mass is 278 g/mol. The van der Waals surface area contributed by atoms with Crippen molar-refractivity contribution in [2.45, 2.75) is 0 Å². The lowest BCUT2D eigenvalue weighted by Crippen LogP contribution is -2.26. The van der Waals surface area contributed by atoms with Crippen molar-refractivity contribution in [3.8, 4) is 0 Å². The first-order valence-corrected chi connectivity index (χ1v) is 5.29. The lowest BCUT2D eigenvalue weighted by Gasteiger charge is -2.04. The summed E-state index contributed by atoms with van der Waals surface area (Å²) in [6.45, 7) is 0. The zero-order valence-electron chi connectivity index (χ0n) is 10.1. The Morgan fingerprint density at radius 2 is 1.53 bits per heavy atom. The number of benzene rings is 2. The fourth-order valence-electron chi connectivity index (χ4n) is 1.70. The molecule has 0 aliphatic heterocycles. The minimum absolute atomic E-state index is 0. The van der Waals surface area contributed by atoms with Gasteiger partial charge in [-0.3, -0.25) is 0 Å². The van der Waals surface area contributed by atoms with Gasteiger partial charge in [-0.15, -0.1) is 12.4 Å². The molecule has 7 heteroatoms. The molecule has 0 fully saturated rings. The molecule has 0 amide bonds. The van der Waals surface area contributed by atoms with Gasteiger partial charge in [0.25, 0.3) is 0 Å². The van der Waals surface area contributed by atoms with E-state index >= 15 is 0 Å². The van der Waals surface area contributed by atoms with Crippen molar-refractivity contribution in [3.63, 3.8) is 0 Å². The second-order valence-electron chi connectivity index (χ2n) is 3.73. The fourth-order valence-corrected chi connectivity index (χ4v) is 1.70. The van der Waals surface area contributed by atoms with Crippen LogP contribution < -0.4 is 22.9 Å². The Morgan fingerprint density at radius 3 is 2.21 bits per heavy atom. The summed E-state index contributed by atoms with van der Waals surface area (Å²) in [5.74, 6) is -0.124. The van der Waals surface area contributed by atoms with Gasteiger partial charge in [0.15, 0.2) is 5.96 Å². The van der Waals surface area contributed by atoms with Gasteiger partial charge in [0.2, 0.25) is 5.96 Å². The number of nitrogens with zero attached hydrogens (tertiary/aromatic N) is 2. The molecule has 0 spiro atoms. The van der Waals surface area contributed by atoms with Gasteiger partial charge in [-0.1, -0.05) is 24.3 Å². The molecule has 0 unspecified atom stereocenters. The first-order valence-electron chi connectivity index (χ1n) is 5.29. The van der Waals surface area contributed by atoms with Crippen LogP contribution in [-0.4, -0.2) is 11.9 Å². The average molecular weight is 279 g/mol. The summed E-state index contributed by atoms with van der Waals surface area (Å²) in [7, 11) is 0. The predicted molar refractivity (Wildman–Crippen MR) is 82.7 cm³/mol. The molecule has 2 aromatic rings. The summed E-state index contributed by atoms with van der Waals surface area (Å²) in [4.78, 5) is 7.83. The highest BCUT2D eigenvalue weighted by Crippen LogP contribution is 2.29. The molecule has 2 aromatic carbocycles. The van der Waals surface area contributed by atoms with Crippen LogP contribution in [0.3, 0.4) is 0 Å². The molecule has 0 heterocycles. The van der Waals surface area contributed by atoms with E-state index in [0.29, 0.717) is 11.4 Å². The quantitative estimate of drug-likeness (QED) is 0.353. The van der Waals surface area contributed by atoms with Crippen LogP contribution in [0.2, 0.25) is 0 Å². The number of fused-ring (bicyclic) bond motifs is 1. The third-order valence-electron chi connectivity index (χ3n) is 2.41. The highest BCUT2D eigenvalue weighted by molar-refractivity contribution is 6.02. The Hall–Kier alpha value is -2.47. The molecule has 19 heavy (non-hydrogen) atoms. The third-order valence-corrected chi connectivity index (χ3v) is 2.41. The Bertz CT molecular complexity index is 646. The number of rotatable bonds is 1. The number of hydrogen-bond acceptors (Lipinski definition) is 2. The van der Waals surface area contributed by atoms with E-state index in [2.05, 4.69) is 9.98 Å². The van der Waals surface area contributed by atoms with Crippen molar-refractivity contribution < 1.29 is 0 Å². The first kappa shape index (κ1) is 14.6. The first-order chi connectivity index (χ1) is 8.58. The van der Waals surface area contributed by atoms with Crippen molar-refractivity contribution >= 4 is 46.5 Å². The highest BCUT2D eigenvalue weighted by Gasteiger charge is 2.02. The minimum Gasteiger partial charge on any atom is -0.398 e. The molecule has 0 saturated carbocycles. The van der Waals surface area contributed by atoms with Crippen LogP contribution in [0.15, 0.2) is 46.4 Å². The largest absolute Gasteiger partial charge is 0.398 e. The van der Waals surface area contributed by atoms with E-state index in [1.54, 1.807) is 0 Å². The standard InChI is InChI=1S/C12H14N6.ClH/c13-9-5-1-4-8-7(9)3-2-6-10(8)17-12(16)18-11(14)15;/h1-6H,13H2,(H6,14,15,16,17,18);1H. The Labute approximate surface area is 116 Å². The predicted octanol–water partition coefficient (Wildman–Crippen LogP) is 1.06. The third kappa shape index (κ3) is 3.26. The maximum absolute atomic E-state index is 5.89. The van der Waals surface area contributed by atoms with Crippen LogP contribution in [0.4, 0.5) is 11.4 Å². The number of nitrogen functional groups attached to an aromatic ring is 1. The molecule has 8 N–H and O–H groups in total. The second-order valence-corrected chi connectivity index (χ2v) is 3.73. The van der Waals surface area contributed by atoms with E-state index in [9.17, 15) is 0 Å². The smallest absolute Gasteiger partial charge is 0.223 e. The molecule has 0 bridgehead atoms. The van der Waals surface area contributed by atoms with Crippen LogP contribution in [0, 0.1) is 0 Å². The number of nitrogens with two attached hydrogens (primary N) is 4. The van der Waals surface area contributed by atoms with Crippen molar-refractivity contribution in [2.75, 3.05) is 5.73 Å². The van der Waals surface area contributed by atoms with E-state index in [1.165, 1.54) is 0 Å². The Morgan fingerprint density at radius 1 is 0.895 bits per heavy atom. The maximum atomic E-state index is 5.89. The van der Waals surface area contributed by atoms with Crippen LogP contribution in [0.5, 0.6) is 0 Å². The number of hydrogen-bond donors (Lipinski definition) is 4. The van der Waals surface area contributed by atoms with Gasteiger partial charge < -0.3 is 22.9 Å². The van der Waals surface area contributed by atoms with Crippen LogP contribution >= 0.6 is 12.4 Å². The van der Waals surface area contributed by atoms with E-state index in [1.807, 2.05) is 36.4 Å². The van der Waals surface area contributed by atoms with Gasteiger partial charge in [0, 0.05) is 16.5 Å².